The molecule has 618 valence electrons. The molecule has 8 heterocycles. The van der Waals surface area contributed by atoms with Crippen molar-refractivity contribution in [3.8, 4) is 0 Å². The smallest absolute Gasteiger partial charge is 0.364 e. The van der Waals surface area contributed by atoms with E-state index in [2.05, 4.69) is 21.3 Å². The maximum Gasteiger partial charge on any atom is 0.364 e. The number of rotatable bonds is 29. The Kier molecular flexibility index (Phi) is 31.5. The summed E-state index contributed by atoms with van der Waals surface area (Å²) in [6, 6.07) is -7.18. The van der Waals surface area contributed by atoms with Crippen LogP contribution in [0.2, 0.25) is 0 Å². The lowest BCUT2D eigenvalue weighted by atomic mass is 9.88. The standard InChI is InChI=1S/C59H98N4O44/c1-14(70)60-27-18(74)5-59(58(91)92,107-48(27)31(76)19(75)6-64)94-13-26-34(79)40(85)43(88)55(101-26)103-46-23(10-68)99-53(30(38(46)83)63-17(4)73)106-50-41(86)33(78)21(8-66)97-57(50)105-49-35(80)25(12-93-54-42(87)39(84)32(77)20(7-65)96-54)100-56(44(49)89)104-47-24(11-69)98-52(29(37(47)82)62-16(3)72)102-45-22(9-67)95-51(90)28(36(45)81)61-15(2)71/h18-57,64-69,74-90H,5-13H2,1-4H3,(H,60,70)(H,61,71)(H,62,72)(H,63,73)(H,91,92)/t18-,19+,20+,21+,22+,23+,24+,25+,26+,27+,28+,29+,30+,31+,32+,33+,34-,35+,36+,37+,38+,39-,40-,41-,42-,43+,44-,45+,46+,47+,48+,49-,50-,51+,52-,53-,54-,55-,56-,57+,59+/m0/s1. The van der Waals surface area contributed by atoms with Crippen molar-refractivity contribution in [2.24, 2.45) is 0 Å². The number of hydrogen-bond donors (Lipinski definition) is 28. The average Bonchev–Trinajstić information content (AvgIpc) is 0.766. The van der Waals surface area contributed by atoms with Crippen molar-refractivity contribution >= 4 is 29.6 Å². The summed E-state index contributed by atoms with van der Waals surface area (Å²) in [7, 11) is 0. The molecule has 0 aromatic heterocycles. The molecular formula is C59H98N4O44. The maximum atomic E-state index is 13.0. The van der Waals surface area contributed by atoms with Crippen molar-refractivity contribution in [2.75, 3.05) is 52.9 Å². The van der Waals surface area contributed by atoms with E-state index in [0.29, 0.717) is 0 Å². The number of carbonyl (C=O) groups excluding carboxylic acids is 4. The Balaban J connectivity index is 1.06. The van der Waals surface area contributed by atoms with Crippen LogP contribution < -0.4 is 21.3 Å². The lowest BCUT2D eigenvalue weighted by Crippen LogP contribution is -2.71. The summed E-state index contributed by atoms with van der Waals surface area (Å²) in [6.45, 7) is -5.01. The molecule has 0 unspecified atom stereocenters. The minimum absolute atomic E-state index is 0.769. The maximum absolute atomic E-state index is 13.0. The van der Waals surface area contributed by atoms with Gasteiger partial charge in [0.25, 0.3) is 5.79 Å². The van der Waals surface area contributed by atoms with Gasteiger partial charge in [0.2, 0.25) is 23.6 Å². The zero-order valence-corrected chi connectivity index (χ0v) is 57.4. The molecule has 0 aromatic rings. The van der Waals surface area contributed by atoms with Crippen LogP contribution in [0.15, 0.2) is 0 Å². The molecule has 8 aliphatic heterocycles. The minimum atomic E-state index is -3.06. The summed E-state index contributed by atoms with van der Waals surface area (Å²) in [6.07, 6.45) is -77.0. The summed E-state index contributed by atoms with van der Waals surface area (Å²) in [5, 5.41) is 273. The normalized spacial score (nSPS) is 46.9. The number of amides is 4. The second-order valence-electron chi connectivity index (χ2n) is 26.8. The lowest BCUT2D eigenvalue weighted by Gasteiger charge is -2.51. The summed E-state index contributed by atoms with van der Waals surface area (Å²) in [5.41, 5.74) is 0. The first kappa shape index (κ1) is 88.4. The molecular weight excluding hydrogens is 1470 g/mol. The molecule has 8 aliphatic rings. The fourth-order valence-corrected chi connectivity index (χ4v) is 13.6. The Labute approximate surface area is 605 Å². The average molecular weight is 1570 g/mol. The molecule has 8 fully saturated rings. The predicted octanol–water partition coefficient (Wildman–Crippen LogP) is -18.7. The van der Waals surface area contributed by atoms with E-state index in [1.165, 1.54) is 0 Å². The van der Waals surface area contributed by atoms with E-state index < -0.39 is 340 Å². The number of hydrogen-bond acceptors (Lipinski definition) is 43. The van der Waals surface area contributed by atoms with Crippen molar-refractivity contribution in [3.63, 3.8) is 0 Å². The van der Waals surface area contributed by atoms with Gasteiger partial charge in [-0.1, -0.05) is 0 Å². The third kappa shape index (κ3) is 19.7. The van der Waals surface area contributed by atoms with Crippen molar-refractivity contribution in [2.45, 2.75) is 285 Å². The second-order valence-corrected chi connectivity index (χ2v) is 26.8. The highest BCUT2D eigenvalue weighted by Crippen LogP contribution is 2.40. The number of aliphatic carboxylic acids is 1. The summed E-state index contributed by atoms with van der Waals surface area (Å²) in [4.78, 5) is 62.9. The third-order valence-electron chi connectivity index (χ3n) is 19.2. The van der Waals surface area contributed by atoms with Crippen molar-refractivity contribution < 1.29 is 218 Å². The van der Waals surface area contributed by atoms with Crippen LogP contribution in [-0.4, -0.2) is 456 Å². The lowest BCUT2D eigenvalue weighted by molar-refractivity contribution is -0.397. The number of nitrogens with one attached hydrogen (secondary N) is 4. The highest BCUT2D eigenvalue weighted by atomic mass is 16.8. The van der Waals surface area contributed by atoms with Crippen LogP contribution in [0.4, 0.5) is 0 Å². The van der Waals surface area contributed by atoms with Gasteiger partial charge in [0, 0.05) is 34.1 Å². The van der Waals surface area contributed by atoms with Gasteiger partial charge in [0.05, 0.1) is 65.0 Å². The molecule has 0 saturated carbocycles. The molecule has 0 aliphatic carbocycles. The first-order valence-corrected chi connectivity index (χ1v) is 33.7. The van der Waals surface area contributed by atoms with Crippen molar-refractivity contribution in [3.05, 3.63) is 0 Å². The van der Waals surface area contributed by atoms with Crippen LogP contribution in [0.1, 0.15) is 34.1 Å². The molecule has 0 spiro atoms. The quantitative estimate of drug-likeness (QED) is 0.0331. The van der Waals surface area contributed by atoms with E-state index in [4.69, 9.17) is 71.1 Å². The van der Waals surface area contributed by atoms with Gasteiger partial charge in [-0.15, -0.1) is 0 Å². The molecule has 48 heteroatoms. The van der Waals surface area contributed by atoms with Crippen LogP contribution in [0.25, 0.3) is 0 Å². The number of aliphatic hydroxyl groups is 23. The van der Waals surface area contributed by atoms with Gasteiger partial charge in [-0.3, -0.25) is 19.2 Å². The van der Waals surface area contributed by atoms with E-state index >= 15 is 0 Å². The largest absolute Gasteiger partial charge is 0.477 e. The Hall–Kier alpha value is -4.17. The van der Waals surface area contributed by atoms with Gasteiger partial charge in [0.1, 0.15) is 189 Å². The molecule has 28 N–H and O–H groups in total. The van der Waals surface area contributed by atoms with Crippen LogP contribution >= 0.6 is 0 Å². The number of ether oxygens (including phenoxy) is 15. The fraction of sp³-hybridized carbons (Fsp3) is 0.915. The van der Waals surface area contributed by atoms with Gasteiger partial charge in [-0.2, -0.15) is 0 Å². The van der Waals surface area contributed by atoms with E-state index in [0.717, 1.165) is 27.7 Å². The molecule has 0 bridgehead atoms. The molecule has 8 rings (SSSR count). The van der Waals surface area contributed by atoms with Crippen molar-refractivity contribution in [1.82, 2.24) is 21.3 Å². The van der Waals surface area contributed by atoms with Crippen LogP contribution in [-0.2, 0) is 95.0 Å². The zero-order valence-electron chi connectivity index (χ0n) is 57.4. The minimum Gasteiger partial charge on any atom is -0.477 e. The SMILES string of the molecule is CC(=O)N[C@@H]1[C@@H](O)[C@H](O[C@@H]2O[C@H](CO)[C@@H](O[C@@H]3O[C@H](CO[C@H]4O[C@H](CO)[C@@H](O)[C@H](O)[C@@H]4O)[C@@H](O)[C@H](O[C@H]4O[C@H](CO)[C@@H](O)[C@H](O)[C@@H]4O[C@@H]4O[C@H](CO)[C@@H](O[C@@H]5O[C@H](CO[C@]6(C(=O)O)C[C@H](O)[C@@H](NC(C)=O)[C@H]([C@H](O)[C@H](O)CO)O6)[C@H](O)[C@H](O)[C@H]5O)[C@H](O)[C@H]4NC(C)=O)[C@@H]3O)[C@H](O)[C@H]2NC(C)=O)[C@@H](CO)O[C@H]1O. The molecule has 107 heavy (non-hydrogen) atoms. The van der Waals surface area contributed by atoms with E-state index in [1.54, 1.807) is 0 Å². The Morgan fingerprint density at radius 3 is 1.23 bits per heavy atom. The fourth-order valence-electron chi connectivity index (χ4n) is 13.6. The predicted molar refractivity (Wildman–Crippen MR) is 328 cm³/mol. The summed E-state index contributed by atoms with van der Waals surface area (Å²) >= 11 is 0. The van der Waals surface area contributed by atoms with E-state index in [9.17, 15) is 147 Å². The summed E-state index contributed by atoms with van der Waals surface area (Å²) in [5.74, 6) is -8.61. The van der Waals surface area contributed by atoms with E-state index in [1.807, 2.05) is 0 Å². The van der Waals surface area contributed by atoms with Gasteiger partial charge < -0.3 is 215 Å². The second kappa shape index (κ2) is 38.1. The molecule has 41 atom stereocenters. The van der Waals surface area contributed by atoms with Crippen LogP contribution in [0, 0.1) is 0 Å². The Morgan fingerprint density at radius 1 is 0.383 bits per heavy atom. The Morgan fingerprint density at radius 2 is 0.757 bits per heavy atom. The molecule has 4 amide bonds. The topological polar surface area (TPSA) is 757 Å². The first-order chi connectivity index (χ1) is 50.4. The van der Waals surface area contributed by atoms with Gasteiger partial charge >= 0.3 is 5.97 Å². The Bertz CT molecular complexity index is 2870. The van der Waals surface area contributed by atoms with Crippen LogP contribution in [0.5, 0.6) is 0 Å². The number of carboxylic acid groups (broad SMARTS) is 1. The van der Waals surface area contributed by atoms with Gasteiger partial charge in [-0.25, -0.2) is 4.79 Å². The number of carboxylic acids is 1. The van der Waals surface area contributed by atoms with Crippen LogP contribution in [0.3, 0.4) is 0 Å². The molecule has 0 aromatic carbocycles. The molecule has 0 radical (unpaired) electrons. The summed E-state index contributed by atoms with van der Waals surface area (Å²) < 4.78 is 87.5. The monoisotopic (exact) mass is 1570 g/mol. The zero-order chi connectivity index (χ0) is 79.3. The number of carbonyl (C=O) groups is 5. The molecule has 8 saturated heterocycles. The highest BCUT2D eigenvalue weighted by Gasteiger charge is 2.61. The van der Waals surface area contributed by atoms with Gasteiger partial charge in [-0.05, 0) is 0 Å². The third-order valence-corrected chi connectivity index (χ3v) is 19.2. The molecule has 48 nitrogen and oxygen atoms in total. The van der Waals surface area contributed by atoms with Crippen molar-refractivity contribution in [1.29, 1.82) is 0 Å². The number of aliphatic hydroxyl groups excluding tert-OH is 23. The van der Waals surface area contributed by atoms with E-state index in [-0.39, 0.29) is 0 Å². The highest BCUT2D eigenvalue weighted by molar-refractivity contribution is 5.77. The van der Waals surface area contributed by atoms with Gasteiger partial charge in [0.15, 0.2) is 44.0 Å². The first-order valence-electron chi connectivity index (χ1n) is 33.7.